The fourth-order valence-corrected chi connectivity index (χ4v) is 1.70. The van der Waals surface area contributed by atoms with Crippen LogP contribution >= 0.6 is 0 Å². The molecule has 6 nitrogen and oxygen atoms in total. The summed E-state index contributed by atoms with van der Waals surface area (Å²) in [6, 6.07) is 3.38. The lowest BCUT2D eigenvalue weighted by Gasteiger charge is -2.07. The van der Waals surface area contributed by atoms with E-state index in [-0.39, 0.29) is 0 Å². The predicted molar refractivity (Wildman–Crippen MR) is 67.7 cm³/mol. The normalized spacial score (nSPS) is 11.2. The summed E-state index contributed by atoms with van der Waals surface area (Å²) >= 11 is 0. The molecule has 0 amide bonds. The third-order valence-corrected chi connectivity index (χ3v) is 2.49. The van der Waals surface area contributed by atoms with Crippen LogP contribution < -0.4 is 10.0 Å². The molecule has 1 heterocycles. The van der Waals surface area contributed by atoms with Crippen molar-refractivity contribution >= 4 is 21.5 Å². The van der Waals surface area contributed by atoms with Gasteiger partial charge in [-0.25, -0.2) is 13.4 Å². The maximum absolute atomic E-state index is 10.9. The molecule has 1 aromatic heterocycles. The maximum Gasteiger partial charge on any atom is 0.230 e. The van der Waals surface area contributed by atoms with Gasteiger partial charge in [-0.2, -0.15) is 0 Å². The Hall–Kier alpha value is -1.34. The topological polar surface area (TPSA) is 80.3 Å². The standard InChI is InChI=1S/C10H17N3O3S/c1-16-7-3-6-11-9-4-5-10(12-8-9)13-17(2,14)15/h4-5,8,11H,3,6-7H2,1-2H3,(H,12,13). The number of pyridine rings is 1. The van der Waals surface area contributed by atoms with Gasteiger partial charge < -0.3 is 10.1 Å². The second kappa shape index (κ2) is 6.41. The zero-order valence-corrected chi connectivity index (χ0v) is 10.8. The predicted octanol–water partition coefficient (Wildman–Crippen LogP) is 0.902. The van der Waals surface area contributed by atoms with Crippen molar-refractivity contribution in [2.45, 2.75) is 6.42 Å². The lowest BCUT2D eigenvalue weighted by molar-refractivity contribution is 0.198. The molecule has 1 rings (SSSR count). The lowest BCUT2D eigenvalue weighted by Crippen LogP contribution is -2.11. The molecule has 0 aliphatic rings. The smallest absolute Gasteiger partial charge is 0.230 e. The first-order valence-corrected chi connectivity index (χ1v) is 7.07. The SMILES string of the molecule is COCCCNc1ccc(NS(C)(=O)=O)nc1. The molecular formula is C10H17N3O3S. The minimum atomic E-state index is -3.26. The Morgan fingerprint density at radius 3 is 2.71 bits per heavy atom. The Balaban J connectivity index is 2.45. The summed E-state index contributed by atoms with van der Waals surface area (Å²) in [5, 5.41) is 3.15. The van der Waals surface area contributed by atoms with Gasteiger partial charge >= 0.3 is 0 Å². The van der Waals surface area contributed by atoms with E-state index >= 15 is 0 Å². The second-order valence-corrected chi connectivity index (χ2v) is 5.33. The van der Waals surface area contributed by atoms with Crippen molar-refractivity contribution in [3.63, 3.8) is 0 Å². The highest BCUT2D eigenvalue weighted by molar-refractivity contribution is 7.92. The minimum Gasteiger partial charge on any atom is -0.385 e. The highest BCUT2D eigenvalue weighted by Gasteiger charge is 2.02. The van der Waals surface area contributed by atoms with Gasteiger partial charge in [-0.15, -0.1) is 0 Å². The molecule has 0 saturated heterocycles. The van der Waals surface area contributed by atoms with Gasteiger partial charge in [0.15, 0.2) is 0 Å². The third kappa shape index (κ3) is 6.08. The summed E-state index contributed by atoms with van der Waals surface area (Å²) < 4.78 is 29.1. The second-order valence-electron chi connectivity index (χ2n) is 3.58. The first-order valence-electron chi connectivity index (χ1n) is 5.18. The molecule has 0 saturated carbocycles. The molecule has 0 radical (unpaired) electrons. The van der Waals surface area contributed by atoms with E-state index in [0.717, 1.165) is 24.9 Å². The summed E-state index contributed by atoms with van der Waals surface area (Å²) in [6.07, 6.45) is 3.58. The number of nitrogens with zero attached hydrogens (tertiary/aromatic N) is 1. The number of aromatic nitrogens is 1. The third-order valence-electron chi connectivity index (χ3n) is 1.91. The number of rotatable bonds is 7. The van der Waals surface area contributed by atoms with Gasteiger partial charge in [-0.1, -0.05) is 0 Å². The van der Waals surface area contributed by atoms with Crippen molar-refractivity contribution in [2.75, 3.05) is 36.6 Å². The highest BCUT2D eigenvalue weighted by atomic mass is 32.2. The molecule has 0 atom stereocenters. The van der Waals surface area contributed by atoms with Crippen LogP contribution in [0.25, 0.3) is 0 Å². The zero-order chi connectivity index (χ0) is 12.7. The number of methoxy groups -OCH3 is 1. The quantitative estimate of drug-likeness (QED) is 0.711. The van der Waals surface area contributed by atoms with E-state index in [9.17, 15) is 8.42 Å². The van der Waals surface area contributed by atoms with Gasteiger partial charge in [0, 0.05) is 20.3 Å². The van der Waals surface area contributed by atoms with Gasteiger partial charge in [0.1, 0.15) is 5.82 Å². The van der Waals surface area contributed by atoms with Gasteiger partial charge in [0.2, 0.25) is 10.0 Å². The fraction of sp³-hybridized carbons (Fsp3) is 0.500. The van der Waals surface area contributed by atoms with E-state index in [0.29, 0.717) is 12.4 Å². The average Bonchev–Trinajstić information content (AvgIpc) is 2.25. The first-order chi connectivity index (χ1) is 8.01. The van der Waals surface area contributed by atoms with Crippen LogP contribution in [-0.2, 0) is 14.8 Å². The van der Waals surface area contributed by atoms with Crippen molar-refractivity contribution in [3.8, 4) is 0 Å². The molecule has 0 fully saturated rings. The van der Waals surface area contributed by atoms with Gasteiger partial charge in [0.25, 0.3) is 0 Å². The van der Waals surface area contributed by atoms with Gasteiger partial charge in [0.05, 0.1) is 18.1 Å². The number of sulfonamides is 1. The number of anilines is 2. The Morgan fingerprint density at radius 1 is 1.41 bits per heavy atom. The summed E-state index contributed by atoms with van der Waals surface area (Å²) in [7, 11) is -1.60. The molecule has 2 N–H and O–H groups in total. The molecule has 1 aromatic rings. The van der Waals surface area contributed by atoms with Crippen LogP contribution in [0.4, 0.5) is 11.5 Å². The van der Waals surface area contributed by atoms with Crippen LogP contribution in [-0.4, -0.2) is 39.9 Å². The Morgan fingerprint density at radius 2 is 2.18 bits per heavy atom. The van der Waals surface area contributed by atoms with E-state index in [1.54, 1.807) is 25.4 Å². The molecule has 0 bridgehead atoms. The number of nitrogens with one attached hydrogen (secondary N) is 2. The molecule has 0 unspecified atom stereocenters. The van der Waals surface area contributed by atoms with Crippen molar-refractivity contribution in [2.24, 2.45) is 0 Å². The lowest BCUT2D eigenvalue weighted by atomic mass is 10.4. The molecule has 0 aliphatic heterocycles. The molecule has 17 heavy (non-hydrogen) atoms. The Labute approximate surface area is 101 Å². The molecule has 0 aromatic carbocycles. The van der Waals surface area contributed by atoms with E-state index in [1.165, 1.54) is 0 Å². The van der Waals surface area contributed by atoms with Crippen molar-refractivity contribution in [1.82, 2.24) is 4.98 Å². The van der Waals surface area contributed by atoms with Crippen LogP contribution in [0.3, 0.4) is 0 Å². The van der Waals surface area contributed by atoms with Gasteiger partial charge in [-0.05, 0) is 18.6 Å². The monoisotopic (exact) mass is 259 g/mol. The molecule has 0 spiro atoms. The molecular weight excluding hydrogens is 242 g/mol. The van der Waals surface area contributed by atoms with Gasteiger partial charge in [-0.3, -0.25) is 4.72 Å². The fourth-order valence-electron chi connectivity index (χ4n) is 1.20. The van der Waals surface area contributed by atoms with Crippen LogP contribution in [0.5, 0.6) is 0 Å². The summed E-state index contributed by atoms with van der Waals surface area (Å²) in [4.78, 5) is 3.98. The highest BCUT2D eigenvalue weighted by Crippen LogP contribution is 2.10. The van der Waals surface area contributed by atoms with Crippen molar-refractivity contribution < 1.29 is 13.2 Å². The van der Waals surface area contributed by atoms with E-state index in [4.69, 9.17) is 4.74 Å². The molecule has 0 aliphatic carbocycles. The first kappa shape index (κ1) is 13.7. The van der Waals surface area contributed by atoms with Crippen LogP contribution in [0, 0.1) is 0 Å². The van der Waals surface area contributed by atoms with Crippen LogP contribution in [0.15, 0.2) is 18.3 Å². The van der Waals surface area contributed by atoms with E-state index < -0.39 is 10.0 Å². The summed E-state index contributed by atoms with van der Waals surface area (Å²) in [5.74, 6) is 0.315. The number of hydrogen-bond acceptors (Lipinski definition) is 5. The number of hydrogen-bond donors (Lipinski definition) is 2. The summed E-state index contributed by atoms with van der Waals surface area (Å²) in [6.45, 7) is 1.49. The van der Waals surface area contributed by atoms with E-state index in [2.05, 4.69) is 15.0 Å². The maximum atomic E-state index is 10.9. The largest absolute Gasteiger partial charge is 0.385 e. The van der Waals surface area contributed by atoms with Crippen molar-refractivity contribution in [1.29, 1.82) is 0 Å². The Kier molecular flexibility index (Phi) is 5.17. The van der Waals surface area contributed by atoms with Crippen LogP contribution in [0.1, 0.15) is 6.42 Å². The minimum absolute atomic E-state index is 0.315. The molecule has 96 valence electrons. The summed E-state index contributed by atoms with van der Waals surface area (Å²) in [5.41, 5.74) is 0.847. The van der Waals surface area contributed by atoms with Crippen LogP contribution in [0.2, 0.25) is 0 Å². The molecule has 7 heteroatoms. The average molecular weight is 259 g/mol. The number of ether oxygens (including phenoxy) is 1. The zero-order valence-electron chi connectivity index (χ0n) is 9.93. The van der Waals surface area contributed by atoms with Crippen molar-refractivity contribution in [3.05, 3.63) is 18.3 Å². The Bertz CT molecular complexity index is 431. The van der Waals surface area contributed by atoms with E-state index in [1.807, 2.05) is 0 Å².